The van der Waals surface area contributed by atoms with Gasteiger partial charge in [-0.25, -0.2) is 0 Å². The van der Waals surface area contributed by atoms with Crippen molar-refractivity contribution in [1.29, 1.82) is 0 Å². The van der Waals surface area contributed by atoms with E-state index in [1.807, 2.05) is 0 Å². The summed E-state index contributed by atoms with van der Waals surface area (Å²) < 4.78 is 0. The third-order valence-corrected chi connectivity index (χ3v) is 2.17. The van der Waals surface area contributed by atoms with Crippen molar-refractivity contribution >= 4 is 11.6 Å². The minimum atomic E-state index is 0.737. The minimum Gasteiger partial charge on any atom is -0.313 e. The zero-order valence-electron chi connectivity index (χ0n) is 8.02. The van der Waals surface area contributed by atoms with Crippen LogP contribution in [0, 0.1) is 6.92 Å². The third-order valence-electron chi connectivity index (χ3n) is 1.90. The molecule has 0 aliphatic rings. The molecule has 0 radical (unpaired) electrons. The zero-order valence-corrected chi connectivity index (χ0v) is 8.77. The van der Waals surface area contributed by atoms with Crippen molar-refractivity contribution in [2.75, 3.05) is 12.4 Å². The number of hydrogen-bond donors (Lipinski definition) is 1. The molecule has 0 aliphatic carbocycles. The molecule has 0 bridgehead atoms. The van der Waals surface area contributed by atoms with Gasteiger partial charge in [-0.1, -0.05) is 29.8 Å². The number of aryl methyl sites for hydroxylation is 1. The molecule has 1 nitrogen and oxygen atoms in total. The van der Waals surface area contributed by atoms with Gasteiger partial charge >= 0.3 is 0 Å². The van der Waals surface area contributed by atoms with Gasteiger partial charge in [0.1, 0.15) is 0 Å². The Morgan fingerprint density at radius 3 is 2.92 bits per heavy atom. The van der Waals surface area contributed by atoms with Crippen LogP contribution in [-0.4, -0.2) is 12.4 Å². The predicted octanol–water partition coefficient (Wildman–Crippen LogP) is 2.71. The molecule has 0 aliphatic heterocycles. The molecule has 13 heavy (non-hydrogen) atoms. The monoisotopic (exact) mass is 197 g/mol. The molecule has 2 heteroatoms. The summed E-state index contributed by atoms with van der Waals surface area (Å²) in [5, 5.41) is 3.35. The minimum absolute atomic E-state index is 0.737. The Hall–Kier alpha value is -0.530. The van der Waals surface area contributed by atoms with Crippen LogP contribution >= 0.6 is 11.6 Å². The van der Waals surface area contributed by atoms with Gasteiger partial charge < -0.3 is 5.32 Å². The molecule has 0 unspecified atom stereocenters. The van der Waals surface area contributed by atoms with Crippen molar-refractivity contribution in [3.05, 3.63) is 35.4 Å². The normalized spacial score (nSPS) is 10.3. The van der Waals surface area contributed by atoms with Crippen LogP contribution in [0.5, 0.6) is 0 Å². The molecule has 0 fully saturated rings. The summed E-state index contributed by atoms with van der Waals surface area (Å²) in [4.78, 5) is 0. The molecule has 72 valence electrons. The first-order valence-corrected chi connectivity index (χ1v) is 5.18. The Labute approximate surface area is 85.1 Å². The smallest absolute Gasteiger partial charge is 0.0235 e. The highest BCUT2D eigenvalue weighted by molar-refractivity contribution is 6.17. The van der Waals surface area contributed by atoms with E-state index in [4.69, 9.17) is 11.6 Å². The van der Waals surface area contributed by atoms with Gasteiger partial charge in [0.2, 0.25) is 0 Å². The average Bonchev–Trinajstić information content (AvgIpc) is 2.13. The molecule has 1 rings (SSSR count). The summed E-state index contributed by atoms with van der Waals surface area (Å²) in [5.41, 5.74) is 2.66. The van der Waals surface area contributed by atoms with Crippen LogP contribution in [0.3, 0.4) is 0 Å². The maximum absolute atomic E-state index is 5.57. The molecule has 0 heterocycles. The van der Waals surface area contributed by atoms with E-state index in [-0.39, 0.29) is 0 Å². The third kappa shape index (κ3) is 4.30. The molecule has 0 aromatic heterocycles. The molecule has 0 amide bonds. The summed E-state index contributed by atoms with van der Waals surface area (Å²) in [6.07, 6.45) is 1.04. The topological polar surface area (TPSA) is 12.0 Å². The molecule has 1 aromatic carbocycles. The van der Waals surface area contributed by atoms with Crippen molar-refractivity contribution in [3.8, 4) is 0 Å². The van der Waals surface area contributed by atoms with Gasteiger partial charge in [0.05, 0.1) is 0 Å². The maximum atomic E-state index is 5.57. The first kappa shape index (κ1) is 10.6. The Bertz CT molecular complexity index is 248. The molecule has 1 aromatic rings. The van der Waals surface area contributed by atoms with E-state index in [9.17, 15) is 0 Å². The fourth-order valence-electron chi connectivity index (χ4n) is 1.25. The lowest BCUT2D eigenvalue weighted by atomic mass is 10.1. The van der Waals surface area contributed by atoms with Crippen LogP contribution in [0.1, 0.15) is 17.5 Å². The lowest BCUT2D eigenvalue weighted by molar-refractivity contribution is 0.677. The summed E-state index contributed by atoms with van der Waals surface area (Å²) in [5.74, 6) is 0.737. The van der Waals surface area contributed by atoms with Crippen LogP contribution in [0.2, 0.25) is 0 Å². The fourth-order valence-corrected chi connectivity index (χ4v) is 1.38. The highest BCUT2D eigenvalue weighted by Crippen LogP contribution is 2.02. The van der Waals surface area contributed by atoms with E-state index in [2.05, 4.69) is 36.5 Å². The molecule has 0 spiro atoms. The van der Waals surface area contributed by atoms with Crippen molar-refractivity contribution in [2.45, 2.75) is 19.9 Å². The quantitative estimate of drug-likeness (QED) is 0.566. The summed E-state index contributed by atoms with van der Waals surface area (Å²) >= 11 is 5.57. The highest BCUT2D eigenvalue weighted by atomic mass is 35.5. The van der Waals surface area contributed by atoms with Gasteiger partial charge in [0, 0.05) is 12.4 Å². The van der Waals surface area contributed by atoms with Gasteiger partial charge in [-0.3, -0.25) is 0 Å². The van der Waals surface area contributed by atoms with Gasteiger partial charge in [-0.15, -0.1) is 11.6 Å². The molecule has 0 saturated heterocycles. The molecular formula is C11H16ClN. The number of alkyl halides is 1. The Morgan fingerprint density at radius 1 is 1.38 bits per heavy atom. The van der Waals surface area contributed by atoms with Gasteiger partial charge in [-0.2, -0.15) is 0 Å². The Morgan fingerprint density at radius 2 is 2.23 bits per heavy atom. The number of hydrogen-bond acceptors (Lipinski definition) is 1. The van der Waals surface area contributed by atoms with Crippen molar-refractivity contribution in [3.63, 3.8) is 0 Å². The van der Waals surface area contributed by atoms with Crippen LogP contribution in [-0.2, 0) is 6.54 Å². The standard InChI is InChI=1S/C11H16ClN/c1-10-4-2-5-11(8-10)9-13-7-3-6-12/h2,4-5,8,13H,3,6-7,9H2,1H3. The Balaban J connectivity index is 2.28. The van der Waals surface area contributed by atoms with E-state index in [0.29, 0.717) is 0 Å². The van der Waals surface area contributed by atoms with E-state index in [1.165, 1.54) is 11.1 Å². The number of benzene rings is 1. The second-order valence-corrected chi connectivity index (χ2v) is 3.59. The number of halogens is 1. The van der Waals surface area contributed by atoms with Gasteiger partial charge in [0.25, 0.3) is 0 Å². The first-order chi connectivity index (χ1) is 6.33. The highest BCUT2D eigenvalue weighted by Gasteiger charge is 1.91. The van der Waals surface area contributed by atoms with Crippen molar-refractivity contribution in [2.24, 2.45) is 0 Å². The summed E-state index contributed by atoms with van der Waals surface area (Å²) in [6.45, 7) is 4.05. The van der Waals surface area contributed by atoms with Crippen LogP contribution in [0.25, 0.3) is 0 Å². The SMILES string of the molecule is Cc1cccc(CNCCCCl)c1. The zero-order chi connectivity index (χ0) is 9.52. The fraction of sp³-hybridized carbons (Fsp3) is 0.455. The molecule has 0 atom stereocenters. The molecule has 0 saturated carbocycles. The van der Waals surface area contributed by atoms with Crippen molar-refractivity contribution < 1.29 is 0 Å². The predicted molar refractivity (Wildman–Crippen MR) is 58.2 cm³/mol. The lowest BCUT2D eigenvalue weighted by Gasteiger charge is -2.04. The maximum Gasteiger partial charge on any atom is 0.0235 e. The number of rotatable bonds is 5. The second-order valence-electron chi connectivity index (χ2n) is 3.21. The second kappa shape index (κ2) is 6.01. The van der Waals surface area contributed by atoms with Crippen molar-refractivity contribution in [1.82, 2.24) is 5.32 Å². The van der Waals surface area contributed by atoms with Gasteiger partial charge in [-0.05, 0) is 25.5 Å². The van der Waals surface area contributed by atoms with E-state index in [0.717, 1.165) is 25.4 Å². The number of nitrogens with one attached hydrogen (secondary N) is 1. The van der Waals surface area contributed by atoms with Crippen LogP contribution < -0.4 is 5.32 Å². The summed E-state index contributed by atoms with van der Waals surface area (Å²) in [6, 6.07) is 8.55. The summed E-state index contributed by atoms with van der Waals surface area (Å²) in [7, 11) is 0. The average molecular weight is 198 g/mol. The van der Waals surface area contributed by atoms with E-state index < -0.39 is 0 Å². The molecular weight excluding hydrogens is 182 g/mol. The van der Waals surface area contributed by atoms with Gasteiger partial charge in [0.15, 0.2) is 0 Å². The van der Waals surface area contributed by atoms with E-state index >= 15 is 0 Å². The van der Waals surface area contributed by atoms with E-state index in [1.54, 1.807) is 0 Å². The first-order valence-electron chi connectivity index (χ1n) is 4.65. The van der Waals surface area contributed by atoms with Crippen LogP contribution in [0.15, 0.2) is 24.3 Å². The lowest BCUT2D eigenvalue weighted by Crippen LogP contribution is -2.14. The largest absolute Gasteiger partial charge is 0.313 e. The van der Waals surface area contributed by atoms with Crippen LogP contribution in [0.4, 0.5) is 0 Å². The molecule has 1 N–H and O–H groups in total. The Kier molecular flexibility index (Phi) is 4.87.